The Morgan fingerprint density at radius 2 is 2.00 bits per heavy atom. The first-order valence-electron chi connectivity index (χ1n) is 10.7. The minimum Gasteiger partial charge on any atom is -0.362 e. The highest BCUT2D eigenvalue weighted by Crippen LogP contribution is 2.38. The Hall–Kier alpha value is -2.69. The molecule has 2 aromatic carbocycles. The van der Waals surface area contributed by atoms with Gasteiger partial charge >= 0.3 is 0 Å². The number of fused-ring (bicyclic) bond motifs is 2. The first-order valence-corrected chi connectivity index (χ1v) is 11.5. The van der Waals surface area contributed by atoms with Crippen LogP contribution in [-0.4, -0.2) is 44.6 Å². The van der Waals surface area contributed by atoms with Crippen molar-refractivity contribution in [1.29, 1.82) is 0 Å². The molecule has 9 heteroatoms. The average molecular weight is 450 g/mol. The molecule has 8 nitrogen and oxygen atoms in total. The van der Waals surface area contributed by atoms with E-state index in [1.54, 1.807) is 17.7 Å². The second kappa shape index (κ2) is 8.02. The Bertz CT molecular complexity index is 1240. The monoisotopic (exact) mass is 449 g/mol. The van der Waals surface area contributed by atoms with E-state index in [0.717, 1.165) is 32.3 Å². The van der Waals surface area contributed by atoms with E-state index in [9.17, 15) is 0 Å². The van der Waals surface area contributed by atoms with Crippen LogP contribution in [0.25, 0.3) is 15.9 Å². The fourth-order valence-electron chi connectivity index (χ4n) is 4.47. The summed E-state index contributed by atoms with van der Waals surface area (Å²) in [6, 6.07) is 15.8. The largest absolute Gasteiger partial charge is 0.362 e. The topological polar surface area (TPSA) is 97.3 Å². The molecular weight excluding hydrogens is 426 g/mol. The van der Waals surface area contributed by atoms with E-state index in [1.807, 2.05) is 54.1 Å². The first kappa shape index (κ1) is 20.0. The molecule has 32 heavy (non-hydrogen) atoms. The van der Waals surface area contributed by atoms with Crippen LogP contribution in [0, 0.1) is 6.92 Å². The summed E-state index contributed by atoms with van der Waals surface area (Å²) in [4.78, 5) is 9.05. The van der Waals surface area contributed by atoms with Gasteiger partial charge in [-0.3, -0.25) is 0 Å². The third-order valence-corrected chi connectivity index (χ3v) is 6.90. The predicted molar refractivity (Wildman–Crippen MR) is 119 cm³/mol. The molecule has 0 aliphatic carbocycles. The van der Waals surface area contributed by atoms with E-state index in [2.05, 4.69) is 21.1 Å². The SMILES string of the molecule is Cc1nc2ccc(-n3ncnc3C3CC(N)C4OC(c5ccccc5)OCC4O3)cc2s1. The summed E-state index contributed by atoms with van der Waals surface area (Å²) in [5.41, 5.74) is 9.46. The van der Waals surface area contributed by atoms with Gasteiger partial charge in [-0.25, -0.2) is 14.6 Å². The van der Waals surface area contributed by atoms with E-state index in [4.69, 9.17) is 19.9 Å². The molecule has 6 rings (SSSR count). The van der Waals surface area contributed by atoms with Crippen molar-refractivity contribution in [2.45, 2.75) is 44.0 Å². The zero-order valence-corrected chi connectivity index (χ0v) is 18.3. The van der Waals surface area contributed by atoms with Crippen LogP contribution in [0.2, 0.25) is 0 Å². The van der Waals surface area contributed by atoms with Crippen LogP contribution >= 0.6 is 11.3 Å². The number of aryl methyl sites for hydroxylation is 1. The van der Waals surface area contributed by atoms with Gasteiger partial charge in [-0.2, -0.15) is 5.10 Å². The van der Waals surface area contributed by atoms with Gasteiger partial charge in [-0.05, 0) is 31.5 Å². The number of nitrogens with zero attached hydrogens (tertiary/aromatic N) is 4. The number of hydrogen-bond donors (Lipinski definition) is 1. The van der Waals surface area contributed by atoms with E-state index in [0.29, 0.717) is 13.0 Å². The number of aromatic nitrogens is 4. The summed E-state index contributed by atoms with van der Waals surface area (Å²) in [6.07, 6.45) is 0.912. The van der Waals surface area contributed by atoms with Gasteiger partial charge in [0.25, 0.3) is 0 Å². The normalized spacial score (nSPS) is 28.0. The molecule has 2 saturated heterocycles. The van der Waals surface area contributed by atoms with E-state index >= 15 is 0 Å². The molecule has 0 saturated carbocycles. The zero-order valence-electron chi connectivity index (χ0n) is 17.5. The van der Waals surface area contributed by atoms with Crippen molar-refractivity contribution in [1.82, 2.24) is 19.7 Å². The fraction of sp³-hybridized carbons (Fsp3) is 0.348. The number of ether oxygens (including phenoxy) is 3. The van der Waals surface area contributed by atoms with Gasteiger partial charge in [-0.1, -0.05) is 30.3 Å². The van der Waals surface area contributed by atoms with Crippen LogP contribution in [0.1, 0.15) is 35.2 Å². The van der Waals surface area contributed by atoms with Crippen molar-refractivity contribution >= 4 is 21.6 Å². The lowest BCUT2D eigenvalue weighted by molar-refractivity contribution is -0.294. The number of hydrogen-bond acceptors (Lipinski definition) is 8. The Balaban J connectivity index is 1.24. The molecule has 0 bridgehead atoms. The van der Waals surface area contributed by atoms with E-state index in [-0.39, 0.29) is 24.4 Å². The minimum absolute atomic E-state index is 0.203. The molecular formula is C23H23N5O3S. The van der Waals surface area contributed by atoms with Crippen molar-refractivity contribution in [3.8, 4) is 5.69 Å². The van der Waals surface area contributed by atoms with Crippen molar-refractivity contribution in [3.63, 3.8) is 0 Å². The molecule has 2 aromatic heterocycles. The van der Waals surface area contributed by atoms with E-state index in [1.165, 1.54) is 0 Å². The van der Waals surface area contributed by atoms with Gasteiger partial charge < -0.3 is 19.9 Å². The number of rotatable bonds is 3. The van der Waals surface area contributed by atoms with Gasteiger partial charge in [0.2, 0.25) is 0 Å². The fourth-order valence-corrected chi connectivity index (χ4v) is 5.33. The Morgan fingerprint density at radius 1 is 1.12 bits per heavy atom. The highest BCUT2D eigenvalue weighted by Gasteiger charge is 2.44. The smallest absolute Gasteiger partial charge is 0.184 e. The number of thiazole rings is 1. The van der Waals surface area contributed by atoms with E-state index < -0.39 is 6.29 Å². The number of nitrogens with two attached hydrogens (primary N) is 1. The molecule has 4 heterocycles. The van der Waals surface area contributed by atoms with Gasteiger partial charge in [0.1, 0.15) is 24.6 Å². The Morgan fingerprint density at radius 3 is 2.88 bits per heavy atom. The molecule has 2 aliphatic rings. The highest BCUT2D eigenvalue weighted by atomic mass is 32.1. The molecule has 0 spiro atoms. The van der Waals surface area contributed by atoms with Crippen LogP contribution in [0.15, 0.2) is 54.9 Å². The minimum atomic E-state index is -0.429. The zero-order chi connectivity index (χ0) is 21.7. The predicted octanol–water partition coefficient (Wildman–Crippen LogP) is 3.46. The van der Waals surface area contributed by atoms with Crippen molar-refractivity contribution < 1.29 is 14.2 Å². The number of benzene rings is 2. The maximum absolute atomic E-state index is 6.57. The van der Waals surface area contributed by atoms with Gasteiger partial charge in [0, 0.05) is 11.6 Å². The summed E-state index contributed by atoms with van der Waals surface area (Å²) in [5, 5.41) is 5.50. The van der Waals surface area contributed by atoms with Crippen molar-refractivity contribution in [2.75, 3.05) is 6.61 Å². The second-order valence-corrected chi connectivity index (χ2v) is 9.39. The molecule has 5 atom stereocenters. The molecule has 2 N–H and O–H groups in total. The summed E-state index contributed by atoms with van der Waals surface area (Å²) in [7, 11) is 0. The molecule has 164 valence electrons. The van der Waals surface area contributed by atoms with Gasteiger partial charge in [-0.15, -0.1) is 11.3 Å². The van der Waals surface area contributed by atoms with Gasteiger partial charge in [0.05, 0.1) is 27.5 Å². The molecule has 0 amide bonds. The Kier molecular flexibility index (Phi) is 5.00. The summed E-state index contributed by atoms with van der Waals surface area (Å²) < 4.78 is 21.5. The second-order valence-electron chi connectivity index (χ2n) is 8.15. The maximum Gasteiger partial charge on any atom is 0.184 e. The lowest BCUT2D eigenvalue weighted by Gasteiger charge is -2.44. The maximum atomic E-state index is 6.57. The van der Waals surface area contributed by atoms with Crippen LogP contribution in [-0.2, 0) is 14.2 Å². The summed E-state index contributed by atoms with van der Waals surface area (Å²) in [5.74, 6) is 0.727. The van der Waals surface area contributed by atoms with Crippen LogP contribution < -0.4 is 5.73 Å². The quantitative estimate of drug-likeness (QED) is 0.512. The Labute approximate surface area is 189 Å². The van der Waals surface area contributed by atoms with Gasteiger partial charge in [0.15, 0.2) is 12.1 Å². The lowest BCUT2D eigenvalue weighted by atomic mass is 9.94. The van der Waals surface area contributed by atoms with Crippen LogP contribution in [0.3, 0.4) is 0 Å². The average Bonchev–Trinajstić information content (AvgIpc) is 3.45. The lowest BCUT2D eigenvalue weighted by Crippen LogP contribution is -2.56. The standard InChI is InChI=1S/C23H23N5O3S/c1-13-27-17-8-7-15(9-20(17)32-13)28-22(25-12-26-28)18-10-16(24)21-19(30-18)11-29-23(31-21)14-5-3-2-4-6-14/h2-9,12,16,18-19,21,23H,10-11,24H2,1H3. The molecule has 4 aromatic rings. The molecule has 5 unspecified atom stereocenters. The third-order valence-electron chi connectivity index (χ3n) is 5.96. The van der Waals surface area contributed by atoms with Crippen molar-refractivity contribution in [3.05, 3.63) is 71.3 Å². The van der Waals surface area contributed by atoms with Crippen LogP contribution in [0.4, 0.5) is 0 Å². The van der Waals surface area contributed by atoms with Crippen molar-refractivity contribution in [2.24, 2.45) is 5.73 Å². The highest BCUT2D eigenvalue weighted by molar-refractivity contribution is 7.18. The van der Waals surface area contributed by atoms with Crippen LogP contribution in [0.5, 0.6) is 0 Å². The molecule has 2 fully saturated rings. The first-order chi connectivity index (χ1) is 15.7. The molecule has 2 aliphatic heterocycles. The summed E-state index contributed by atoms with van der Waals surface area (Å²) >= 11 is 1.66. The third kappa shape index (κ3) is 3.52. The molecule has 0 radical (unpaired) electrons. The summed E-state index contributed by atoms with van der Waals surface area (Å²) in [6.45, 7) is 2.42.